The second kappa shape index (κ2) is 5.73. The van der Waals surface area contributed by atoms with Gasteiger partial charge in [-0.25, -0.2) is 0 Å². The number of allylic oxidation sites excluding steroid dienone is 2. The van der Waals surface area contributed by atoms with E-state index < -0.39 is 17.7 Å². The van der Waals surface area contributed by atoms with E-state index in [1.807, 2.05) is 43.2 Å². The van der Waals surface area contributed by atoms with E-state index in [-0.39, 0.29) is 0 Å². The molecule has 6 heteroatoms. The van der Waals surface area contributed by atoms with Crippen molar-refractivity contribution in [2.45, 2.75) is 26.7 Å². The largest absolute Gasteiger partial charge is 0.366 e. The van der Waals surface area contributed by atoms with Crippen molar-refractivity contribution in [2.75, 3.05) is 6.54 Å². The number of hydrogen-bond acceptors (Lipinski definition) is 4. The summed E-state index contributed by atoms with van der Waals surface area (Å²) >= 11 is 1.48. The SMILES string of the molecule is CCN1C(C)=C(C(N)=O)C(c2cccs2)C(C(N)=O)=C1C. The Morgan fingerprint density at radius 1 is 1.19 bits per heavy atom. The molecule has 1 aromatic rings. The van der Waals surface area contributed by atoms with Gasteiger partial charge in [0, 0.05) is 34.0 Å². The molecule has 0 atom stereocenters. The number of thiophene rings is 1. The van der Waals surface area contributed by atoms with Crippen LogP contribution in [0.25, 0.3) is 0 Å². The third kappa shape index (κ3) is 2.47. The Morgan fingerprint density at radius 2 is 1.71 bits per heavy atom. The van der Waals surface area contributed by atoms with Crippen LogP contribution in [0.1, 0.15) is 31.6 Å². The Hall–Kier alpha value is -2.08. The van der Waals surface area contributed by atoms with E-state index in [1.165, 1.54) is 11.3 Å². The number of rotatable bonds is 4. The molecule has 1 aliphatic heterocycles. The lowest BCUT2D eigenvalue weighted by Crippen LogP contribution is -2.37. The molecule has 0 saturated carbocycles. The fourth-order valence-corrected chi connectivity index (χ4v) is 3.80. The van der Waals surface area contributed by atoms with Gasteiger partial charge < -0.3 is 16.4 Å². The first-order chi connectivity index (χ1) is 9.90. The summed E-state index contributed by atoms with van der Waals surface area (Å²) < 4.78 is 0. The molecule has 2 amide bonds. The Bertz CT molecular complexity index is 606. The number of amides is 2. The minimum atomic E-state index is -0.518. The second-order valence-electron chi connectivity index (χ2n) is 4.92. The molecule has 21 heavy (non-hydrogen) atoms. The minimum absolute atomic E-state index is 0.443. The quantitative estimate of drug-likeness (QED) is 0.887. The van der Waals surface area contributed by atoms with Crippen LogP contribution in [-0.4, -0.2) is 23.3 Å². The number of hydrogen-bond donors (Lipinski definition) is 2. The summed E-state index contributed by atoms with van der Waals surface area (Å²) in [4.78, 5) is 26.8. The monoisotopic (exact) mass is 305 g/mol. The van der Waals surface area contributed by atoms with Gasteiger partial charge in [-0.3, -0.25) is 9.59 Å². The lowest BCUT2D eigenvalue weighted by molar-refractivity contribution is -0.115. The zero-order chi connectivity index (χ0) is 15.7. The summed E-state index contributed by atoms with van der Waals surface area (Å²) in [6.07, 6.45) is 0. The summed E-state index contributed by atoms with van der Waals surface area (Å²) in [6.45, 7) is 6.30. The standard InChI is InChI=1S/C15H19N3O2S/c1-4-18-8(2)11(14(16)19)13(10-6-5-7-21-10)12(9(18)3)15(17)20/h5-7,13H,4H2,1-3H3,(H2,16,19)(H2,17,20). The molecule has 0 fully saturated rings. The number of primary amides is 2. The minimum Gasteiger partial charge on any atom is -0.366 e. The lowest BCUT2D eigenvalue weighted by Gasteiger charge is -2.36. The topological polar surface area (TPSA) is 89.4 Å². The van der Waals surface area contributed by atoms with Gasteiger partial charge in [0.2, 0.25) is 11.8 Å². The van der Waals surface area contributed by atoms with Crippen LogP contribution in [0.4, 0.5) is 0 Å². The van der Waals surface area contributed by atoms with Gasteiger partial charge in [-0.15, -0.1) is 11.3 Å². The maximum Gasteiger partial charge on any atom is 0.247 e. The highest BCUT2D eigenvalue weighted by atomic mass is 32.1. The molecule has 2 rings (SSSR count). The van der Waals surface area contributed by atoms with E-state index >= 15 is 0 Å². The van der Waals surface area contributed by atoms with E-state index in [1.54, 1.807) is 0 Å². The first-order valence-corrected chi connectivity index (χ1v) is 7.60. The third-order valence-electron chi connectivity index (χ3n) is 3.84. The van der Waals surface area contributed by atoms with Crippen molar-refractivity contribution in [3.8, 4) is 0 Å². The van der Waals surface area contributed by atoms with Crippen LogP contribution in [-0.2, 0) is 9.59 Å². The summed E-state index contributed by atoms with van der Waals surface area (Å²) in [5.41, 5.74) is 13.6. The zero-order valence-corrected chi connectivity index (χ0v) is 13.2. The molecule has 1 aromatic heterocycles. The van der Waals surface area contributed by atoms with Gasteiger partial charge in [0.15, 0.2) is 0 Å². The zero-order valence-electron chi connectivity index (χ0n) is 12.3. The molecule has 0 spiro atoms. The van der Waals surface area contributed by atoms with Crippen molar-refractivity contribution in [1.82, 2.24) is 4.90 Å². The Morgan fingerprint density at radius 3 is 2.05 bits per heavy atom. The van der Waals surface area contributed by atoms with Gasteiger partial charge in [0.25, 0.3) is 0 Å². The summed E-state index contributed by atoms with van der Waals surface area (Å²) in [5, 5.41) is 1.91. The lowest BCUT2D eigenvalue weighted by atomic mass is 9.83. The second-order valence-corrected chi connectivity index (χ2v) is 5.90. The fraction of sp³-hybridized carbons (Fsp3) is 0.333. The summed E-state index contributed by atoms with van der Waals surface area (Å²) in [7, 11) is 0. The van der Waals surface area contributed by atoms with Crippen LogP contribution in [0.2, 0.25) is 0 Å². The molecule has 0 bridgehead atoms. The number of carbonyl (C=O) groups excluding carboxylic acids is 2. The van der Waals surface area contributed by atoms with Crippen LogP contribution in [0.5, 0.6) is 0 Å². The van der Waals surface area contributed by atoms with Crippen molar-refractivity contribution < 1.29 is 9.59 Å². The van der Waals surface area contributed by atoms with Crippen LogP contribution >= 0.6 is 11.3 Å². The molecule has 0 unspecified atom stereocenters. The van der Waals surface area contributed by atoms with Crippen molar-refractivity contribution >= 4 is 23.2 Å². The molecule has 112 valence electrons. The molecule has 0 saturated heterocycles. The van der Waals surface area contributed by atoms with Crippen LogP contribution in [0.3, 0.4) is 0 Å². The van der Waals surface area contributed by atoms with Gasteiger partial charge in [-0.1, -0.05) is 6.07 Å². The normalized spacial score (nSPS) is 16.6. The molecule has 0 radical (unpaired) electrons. The van der Waals surface area contributed by atoms with Gasteiger partial charge in [-0.05, 0) is 32.2 Å². The third-order valence-corrected chi connectivity index (χ3v) is 4.78. The molecule has 5 nitrogen and oxygen atoms in total. The molecule has 4 N–H and O–H groups in total. The molecular weight excluding hydrogens is 286 g/mol. The smallest absolute Gasteiger partial charge is 0.247 e. The molecule has 0 aliphatic carbocycles. The maximum atomic E-state index is 12.0. The number of nitrogens with zero attached hydrogens (tertiary/aromatic N) is 1. The van der Waals surface area contributed by atoms with Crippen LogP contribution < -0.4 is 11.5 Å². The van der Waals surface area contributed by atoms with Crippen molar-refractivity contribution in [2.24, 2.45) is 11.5 Å². The van der Waals surface area contributed by atoms with Gasteiger partial charge in [-0.2, -0.15) is 0 Å². The first kappa shape index (κ1) is 15.3. The molecule has 0 aromatic carbocycles. The molecule has 1 aliphatic rings. The van der Waals surface area contributed by atoms with Gasteiger partial charge >= 0.3 is 0 Å². The predicted molar refractivity (Wildman–Crippen MR) is 83.2 cm³/mol. The fourth-order valence-electron chi connectivity index (χ4n) is 2.96. The Labute approximate surface area is 127 Å². The van der Waals surface area contributed by atoms with E-state index in [2.05, 4.69) is 0 Å². The summed E-state index contributed by atoms with van der Waals surface area (Å²) in [5.74, 6) is -1.51. The van der Waals surface area contributed by atoms with Crippen molar-refractivity contribution in [3.05, 3.63) is 44.9 Å². The van der Waals surface area contributed by atoms with Crippen molar-refractivity contribution in [1.29, 1.82) is 0 Å². The number of nitrogens with two attached hydrogens (primary N) is 2. The first-order valence-electron chi connectivity index (χ1n) is 6.72. The number of carbonyl (C=O) groups is 2. The van der Waals surface area contributed by atoms with Gasteiger partial charge in [0.1, 0.15) is 0 Å². The molecule has 2 heterocycles. The van der Waals surface area contributed by atoms with E-state index in [0.717, 1.165) is 16.3 Å². The maximum absolute atomic E-state index is 12.0. The van der Waals surface area contributed by atoms with Crippen LogP contribution in [0.15, 0.2) is 40.1 Å². The predicted octanol–water partition coefficient (Wildman–Crippen LogP) is 1.69. The highest BCUT2D eigenvalue weighted by molar-refractivity contribution is 7.10. The van der Waals surface area contributed by atoms with Crippen molar-refractivity contribution in [3.63, 3.8) is 0 Å². The average Bonchev–Trinajstić information content (AvgIpc) is 2.90. The Kier molecular flexibility index (Phi) is 4.18. The highest BCUT2D eigenvalue weighted by Crippen LogP contribution is 2.42. The van der Waals surface area contributed by atoms with E-state index in [4.69, 9.17) is 11.5 Å². The van der Waals surface area contributed by atoms with Gasteiger partial charge in [0.05, 0.1) is 5.92 Å². The molecular formula is C15H19N3O2S. The highest BCUT2D eigenvalue weighted by Gasteiger charge is 2.37. The average molecular weight is 305 g/mol. The van der Waals surface area contributed by atoms with E-state index in [0.29, 0.717) is 17.7 Å². The van der Waals surface area contributed by atoms with Crippen LogP contribution in [0, 0.1) is 0 Å². The van der Waals surface area contributed by atoms with E-state index in [9.17, 15) is 9.59 Å². The Balaban J connectivity index is 2.74. The summed E-state index contributed by atoms with van der Waals surface area (Å²) in [6, 6.07) is 3.78.